The third kappa shape index (κ3) is 4.53. The summed E-state index contributed by atoms with van der Waals surface area (Å²) >= 11 is 7.57. The summed E-state index contributed by atoms with van der Waals surface area (Å²) < 4.78 is 19.5. The number of fused-ring (bicyclic) bond motifs is 1. The Kier molecular flexibility index (Phi) is 5.95. The Labute approximate surface area is 200 Å². The number of halogens is 2. The summed E-state index contributed by atoms with van der Waals surface area (Å²) in [7, 11) is 2.06. The van der Waals surface area contributed by atoms with Gasteiger partial charge in [0.05, 0.1) is 15.9 Å². The number of likely N-dealkylation sites (N-methyl/N-ethyl adjacent to an activating group) is 1. The molecule has 0 aliphatic carbocycles. The van der Waals surface area contributed by atoms with Gasteiger partial charge in [0.1, 0.15) is 22.9 Å². The minimum atomic E-state index is -0.306. The van der Waals surface area contributed by atoms with Crippen molar-refractivity contribution in [3.05, 3.63) is 75.8 Å². The van der Waals surface area contributed by atoms with Gasteiger partial charge in [-0.1, -0.05) is 23.7 Å². The van der Waals surface area contributed by atoms with Crippen LogP contribution in [-0.2, 0) is 6.42 Å². The zero-order valence-electron chi connectivity index (χ0n) is 18.3. The highest BCUT2D eigenvalue weighted by atomic mass is 35.5. The highest BCUT2D eigenvalue weighted by Gasteiger charge is 2.33. The zero-order valence-corrected chi connectivity index (χ0v) is 19.9. The van der Waals surface area contributed by atoms with Crippen molar-refractivity contribution >= 4 is 39.8 Å². The van der Waals surface area contributed by atoms with Gasteiger partial charge in [0, 0.05) is 36.5 Å². The van der Waals surface area contributed by atoms with Crippen molar-refractivity contribution in [3.63, 3.8) is 0 Å². The number of carbonyl (C=O) groups is 1. The molecule has 5 rings (SSSR count). The summed E-state index contributed by atoms with van der Waals surface area (Å²) in [5.74, 6) is 0.411. The maximum atomic E-state index is 13.7. The van der Waals surface area contributed by atoms with Gasteiger partial charge < -0.3 is 14.2 Å². The Balaban J connectivity index is 1.45. The minimum Gasteiger partial charge on any atom is -0.461 e. The molecule has 5 nitrogen and oxygen atoms in total. The SMILES string of the molecule is Cc1nc(C(=O)N2CCN(C)CC2Cc2cc3cc(Cl)ccc3o2)c(-c2ccc(F)cc2)s1. The first-order valence-electron chi connectivity index (χ1n) is 10.8. The molecular formula is C25H23ClFN3O2S. The lowest BCUT2D eigenvalue weighted by Gasteiger charge is -2.39. The average Bonchev–Trinajstić information content (AvgIpc) is 3.36. The predicted molar refractivity (Wildman–Crippen MR) is 129 cm³/mol. The van der Waals surface area contributed by atoms with Gasteiger partial charge in [0.25, 0.3) is 5.91 Å². The fourth-order valence-electron chi connectivity index (χ4n) is 4.36. The van der Waals surface area contributed by atoms with E-state index in [0.717, 1.165) is 45.3 Å². The number of rotatable bonds is 4. The van der Waals surface area contributed by atoms with Crippen molar-refractivity contribution in [1.29, 1.82) is 0 Å². The van der Waals surface area contributed by atoms with Crippen LogP contribution in [0.4, 0.5) is 4.39 Å². The molecule has 3 heterocycles. The van der Waals surface area contributed by atoms with E-state index in [-0.39, 0.29) is 17.8 Å². The van der Waals surface area contributed by atoms with E-state index in [1.54, 1.807) is 12.1 Å². The molecule has 0 saturated carbocycles. The van der Waals surface area contributed by atoms with Gasteiger partial charge in [-0.2, -0.15) is 0 Å². The number of hydrogen-bond acceptors (Lipinski definition) is 5. The zero-order chi connectivity index (χ0) is 23.1. The van der Waals surface area contributed by atoms with Crippen LogP contribution >= 0.6 is 22.9 Å². The van der Waals surface area contributed by atoms with E-state index in [1.165, 1.54) is 23.5 Å². The van der Waals surface area contributed by atoms with Gasteiger partial charge in [0.15, 0.2) is 0 Å². The van der Waals surface area contributed by atoms with Gasteiger partial charge in [-0.05, 0) is 55.9 Å². The van der Waals surface area contributed by atoms with Crippen LogP contribution in [0, 0.1) is 12.7 Å². The lowest BCUT2D eigenvalue weighted by molar-refractivity contribution is 0.0489. The lowest BCUT2D eigenvalue weighted by atomic mass is 10.0. The number of nitrogens with zero attached hydrogens (tertiary/aromatic N) is 3. The maximum Gasteiger partial charge on any atom is 0.274 e. The third-order valence-corrected chi connectivity index (χ3v) is 7.21. The summed E-state index contributed by atoms with van der Waals surface area (Å²) in [6.45, 7) is 4.01. The molecule has 0 bridgehead atoms. The van der Waals surface area contributed by atoms with Crippen molar-refractivity contribution in [1.82, 2.24) is 14.8 Å². The Morgan fingerprint density at radius 1 is 1.21 bits per heavy atom. The molecule has 1 saturated heterocycles. The number of aryl methyl sites for hydroxylation is 1. The third-order valence-electron chi connectivity index (χ3n) is 5.96. The summed E-state index contributed by atoms with van der Waals surface area (Å²) in [6, 6.07) is 13.7. The standard InChI is InChI=1S/C25H23ClFN3O2S/c1-15-28-23(24(33-15)16-3-6-19(27)7-4-16)25(31)30-10-9-29(2)14-20(30)13-21-12-17-11-18(26)5-8-22(17)32-21/h3-8,11-12,20H,9-10,13-14H2,1-2H3. The Hall–Kier alpha value is -2.74. The molecule has 4 aromatic rings. The smallest absolute Gasteiger partial charge is 0.274 e. The number of hydrogen-bond donors (Lipinski definition) is 0. The number of piperazine rings is 1. The summed E-state index contributed by atoms with van der Waals surface area (Å²) in [4.78, 5) is 23.2. The van der Waals surface area contributed by atoms with Crippen LogP contribution in [0.3, 0.4) is 0 Å². The van der Waals surface area contributed by atoms with E-state index >= 15 is 0 Å². The van der Waals surface area contributed by atoms with Gasteiger partial charge >= 0.3 is 0 Å². The van der Waals surface area contributed by atoms with Crippen molar-refractivity contribution in [2.75, 3.05) is 26.7 Å². The van der Waals surface area contributed by atoms with Crippen LogP contribution < -0.4 is 0 Å². The quantitative estimate of drug-likeness (QED) is 0.376. The highest BCUT2D eigenvalue weighted by molar-refractivity contribution is 7.15. The van der Waals surface area contributed by atoms with Gasteiger partial charge in [-0.3, -0.25) is 4.79 Å². The molecule has 33 heavy (non-hydrogen) atoms. The maximum absolute atomic E-state index is 13.7. The molecule has 170 valence electrons. The molecule has 0 N–H and O–H groups in total. The van der Waals surface area contributed by atoms with Crippen molar-refractivity contribution in [3.8, 4) is 10.4 Å². The second kappa shape index (κ2) is 8.89. The molecule has 1 aliphatic heterocycles. The Bertz CT molecular complexity index is 1320. The summed E-state index contributed by atoms with van der Waals surface area (Å²) in [6.07, 6.45) is 0.595. The number of furan rings is 1. The molecule has 2 aromatic carbocycles. The molecule has 0 radical (unpaired) electrons. The Morgan fingerprint density at radius 3 is 2.79 bits per heavy atom. The number of thiazole rings is 1. The molecule has 1 amide bonds. The first kappa shape index (κ1) is 22.1. The van der Waals surface area contributed by atoms with Crippen LogP contribution in [0.25, 0.3) is 21.4 Å². The van der Waals surface area contributed by atoms with Crippen LogP contribution in [-0.4, -0.2) is 53.4 Å². The predicted octanol–water partition coefficient (Wildman–Crippen LogP) is 5.66. The number of carbonyl (C=O) groups excluding carboxylic acids is 1. The van der Waals surface area contributed by atoms with E-state index < -0.39 is 0 Å². The van der Waals surface area contributed by atoms with E-state index in [2.05, 4.69) is 16.9 Å². The Morgan fingerprint density at radius 2 is 2.00 bits per heavy atom. The molecule has 8 heteroatoms. The number of aromatic nitrogens is 1. The van der Waals surface area contributed by atoms with E-state index in [0.29, 0.717) is 23.7 Å². The van der Waals surface area contributed by atoms with Crippen LogP contribution in [0.5, 0.6) is 0 Å². The van der Waals surface area contributed by atoms with Gasteiger partial charge in [-0.25, -0.2) is 9.37 Å². The molecular weight excluding hydrogens is 461 g/mol. The normalized spacial score (nSPS) is 17.1. The van der Waals surface area contributed by atoms with E-state index in [1.807, 2.05) is 36.1 Å². The van der Waals surface area contributed by atoms with Gasteiger partial charge in [-0.15, -0.1) is 11.3 Å². The van der Waals surface area contributed by atoms with Crippen LogP contribution in [0.1, 0.15) is 21.3 Å². The summed E-state index contributed by atoms with van der Waals surface area (Å²) in [5.41, 5.74) is 2.01. The molecule has 0 spiro atoms. The largest absolute Gasteiger partial charge is 0.461 e. The number of benzene rings is 2. The second-order valence-electron chi connectivity index (χ2n) is 8.43. The van der Waals surface area contributed by atoms with E-state index in [4.69, 9.17) is 16.0 Å². The van der Waals surface area contributed by atoms with Crippen molar-refractivity contribution < 1.29 is 13.6 Å². The highest BCUT2D eigenvalue weighted by Crippen LogP contribution is 2.32. The second-order valence-corrected chi connectivity index (χ2v) is 10.1. The lowest BCUT2D eigenvalue weighted by Crippen LogP contribution is -2.55. The summed E-state index contributed by atoms with van der Waals surface area (Å²) in [5, 5.41) is 2.42. The molecule has 1 fully saturated rings. The molecule has 2 aromatic heterocycles. The molecule has 1 aliphatic rings. The first-order valence-corrected chi connectivity index (χ1v) is 12.0. The van der Waals surface area contributed by atoms with Crippen molar-refractivity contribution in [2.24, 2.45) is 0 Å². The van der Waals surface area contributed by atoms with E-state index in [9.17, 15) is 9.18 Å². The molecule has 1 atom stereocenters. The first-order chi connectivity index (χ1) is 15.9. The van der Waals surface area contributed by atoms with Crippen molar-refractivity contribution in [2.45, 2.75) is 19.4 Å². The topological polar surface area (TPSA) is 49.6 Å². The van der Waals surface area contributed by atoms with Gasteiger partial charge in [0.2, 0.25) is 0 Å². The monoisotopic (exact) mass is 483 g/mol. The number of amides is 1. The minimum absolute atomic E-state index is 0.0599. The average molecular weight is 484 g/mol. The fourth-order valence-corrected chi connectivity index (χ4v) is 5.46. The van der Waals surface area contributed by atoms with Crippen LogP contribution in [0.2, 0.25) is 5.02 Å². The molecule has 1 unspecified atom stereocenters. The van der Waals surface area contributed by atoms with Crippen LogP contribution in [0.15, 0.2) is 52.9 Å². The fraction of sp³-hybridized carbons (Fsp3) is 0.280.